The summed E-state index contributed by atoms with van der Waals surface area (Å²) in [7, 11) is 0. The average Bonchev–Trinajstić information content (AvgIpc) is 3.17. The van der Waals surface area contributed by atoms with Crippen LogP contribution in [0.4, 0.5) is 8.78 Å². The second kappa shape index (κ2) is 6.60. The van der Waals surface area contributed by atoms with Crippen LogP contribution in [0.5, 0.6) is 0 Å². The molecule has 3 heterocycles. The quantitative estimate of drug-likeness (QED) is 0.830. The number of rotatable bonds is 5. The van der Waals surface area contributed by atoms with E-state index < -0.39 is 30.8 Å². The van der Waals surface area contributed by atoms with E-state index in [1.54, 1.807) is 31.5 Å². The van der Waals surface area contributed by atoms with E-state index in [1.165, 1.54) is 0 Å². The molecule has 2 aromatic heterocycles. The Labute approximate surface area is 136 Å². The third kappa shape index (κ3) is 3.40. The van der Waals surface area contributed by atoms with Gasteiger partial charge in [-0.1, -0.05) is 0 Å². The van der Waals surface area contributed by atoms with E-state index in [9.17, 15) is 13.6 Å². The summed E-state index contributed by atoms with van der Waals surface area (Å²) in [5.41, 5.74) is 0.626. The van der Waals surface area contributed by atoms with Crippen LogP contribution in [0.3, 0.4) is 0 Å². The number of nitrogens with zero attached hydrogens (tertiary/aromatic N) is 4. The van der Waals surface area contributed by atoms with E-state index in [4.69, 9.17) is 9.15 Å². The molecule has 24 heavy (non-hydrogen) atoms. The fourth-order valence-corrected chi connectivity index (χ4v) is 2.55. The van der Waals surface area contributed by atoms with Gasteiger partial charge < -0.3 is 14.1 Å². The van der Waals surface area contributed by atoms with E-state index in [-0.39, 0.29) is 18.4 Å². The van der Waals surface area contributed by atoms with Gasteiger partial charge in [0.1, 0.15) is 12.6 Å². The summed E-state index contributed by atoms with van der Waals surface area (Å²) in [5.74, 6) is -3.34. The van der Waals surface area contributed by atoms with Gasteiger partial charge in [0, 0.05) is 31.0 Å². The Bertz CT molecular complexity index is 708. The van der Waals surface area contributed by atoms with Gasteiger partial charge in [0.25, 0.3) is 5.92 Å². The Morgan fingerprint density at radius 3 is 2.88 bits per heavy atom. The second-order valence-corrected chi connectivity index (χ2v) is 5.42. The summed E-state index contributed by atoms with van der Waals surface area (Å²) in [6.07, 6.45) is 2.56. The lowest BCUT2D eigenvalue weighted by molar-refractivity contribution is -0.138. The molecule has 0 unspecified atom stereocenters. The number of ether oxygens (including phenoxy) is 1. The van der Waals surface area contributed by atoms with Gasteiger partial charge >= 0.3 is 0 Å². The van der Waals surface area contributed by atoms with Gasteiger partial charge in [-0.15, -0.1) is 10.2 Å². The lowest BCUT2D eigenvalue weighted by Crippen LogP contribution is -2.35. The van der Waals surface area contributed by atoms with Crippen molar-refractivity contribution in [1.29, 1.82) is 0 Å². The van der Waals surface area contributed by atoms with E-state index in [2.05, 4.69) is 15.2 Å². The third-order valence-electron chi connectivity index (χ3n) is 3.67. The molecule has 0 radical (unpaired) electrons. The van der Waals surface area contributed by atoms with E-state index in [0.717, 1.165) is 4.90 Å². The number of hydrogen-bond donors (Lipinski definition) is 0. The molecule has 0 saturated carbocycles. The molecular formula is C15H16F2N4O3. The van der Waals surface area contributed by atoms with Gasteiger partial charge in [-0.25, -0.2) is 8.78 Å². The molecule has 7 nitrogen and oxygen atoms in total. The van der Waals surface area contributed by atoms with Crippen molar-refractivity contribution < 1.29 is 22.7 Å². The fourth-order valence-electron chi connectivity index (χ4n) is 2.55. The number of halogens is 2. The van der Waals surface area contributed by atoms with Gasteiger partial charge in [0.2, 0.25) is 17.7 Å². The highest BCUT2D eigenvalue weighted by Crippen LogP contribution is 2.41. The van der Waals surface area contributed by atoms with Crippen molar-refractivity contribution in [2.45, 2.75) is 25.3 Å². The Kier molecular flexibility index (Phi) is 4.52. The summed E-state index contributed by atoms with van der Waals surface area (Å²) in [6.45, 7) is 1.11. The van der Waals surface area contributed by atoms with Gasteiger partial charge in [-0.3, -0.25) is 9.78 Å². The van der Waals surface area contributed by atoms with Crippen LogP contribution >= 0.6 is 0 Å². The molecule has 2 aromatic rings. The standard InChI is InChI=1S/C15H16F2N4O3/c1-2-23-8-12(22)21-9-15(16,17)7-11(21)14-20-19-13(24-14)10-3-5-18-6-4-10/h3-6,11H,2,7-9H2,1H3/t11-/m0/s1. The zero-order valence-electron chi connectivity index (χ0n) is 13.0. The molecule has 128 valence electrons. The Balaban J connectivity index is 1.83. The number of carbonyl (C=O) groups excluding carboxylic acids is 1. The molecule has 0 spiro atoms. The second-order valence-electron chi connectivity index (χ2n) is 5.42. The highest BCUT2D eigenvalue weighted by Gasteiger charge is 2.49. The summed E-state index contributed by atoms with van der Waals surface area (Å²) in [4.78, 5) is 17.0. The van der Waals surface area contributed by atoms with Crippen LogP contribution in [0.25, 0.3) is 11.5 Å². The van der Waals surface area contributed by atoms with Gasteiger partial charge in [0.15, 0.2) is 0 Å². The maximum absolute atomic E-state index is 13.8. The predicted octanol–water partition coefficient (Wildman–Crippen LogP) is 2.08. The SMILES string of the molecule is CCOCC(=O)N1CC(F)(F)C[C@H]1c1nnc(-c2ccncc2)o1. The van der Waals surface area contributed by atoms with Crippen LogP contribution in [0.1, 0.15) is 25.3 Å². The van der Waals surface area contributed by atoms with Crippen molar-refractivity contribution in [2.75, 3.05) is 19.8 Å². The molecule has 1 saturated heterocycles. The minimum atomic E-state index is -3.00. The zero-order chi connectivity index (χ0) is 17.2. The highest BCUT2D eigenvalue weighted by molar-refractivity contribution is 5.78. The molecule has 1 atom stereocenters. The molecule has 9 heteroatoms. The first-order valence-corrected chi connectivity index (χ1v) is 7.49. The molecule has 1 amide bonds. The first-order chi connectivity index (χ1) is 11.5. The van der Waals surface area contributed by atoms with Crippen molar-refractivity contribution in [3.8, 4) is 11.5 Å². The molecule has 0 aliphatic carbocycles. The topological polar surface area (TPSA) is 81.4 Å². The number of hydrogen-bond acceptors (Lipinski definition) is 6. The van der Waals surface area contributed by atoms with E-state index >= 15 is 0 Å². The third-order valence-corrected chi connectivity index (χ3v) is 3.67. The number of likely N-dealkylation sites (tertiary alicyclic amines) is 1. The Hall–Kier alpha value is -2.42. The largest absolute Gasteiger partial charge is 0.418 e. The lowest BCUT2D eigenvalue weighted by atomic mass is 10.2. The Morgan fingerprint density at radius 1 is 1.42 bits per heavy atom. The number of amides is 1. The zero-order valence-corrected chi connectivity index (χ0v) is 13.0. The van der Waals surface area contributed by atoms with Crippen molar-refractivity contribution in [1.82, 2.24) is 20.1 Å². The van der Waals surface area contributed by atoms with Gasteiger partial charge in [-0.2, -0.15) is 0 Å². The minimum absolute atomic E-state index is 0.0103. The lowest BCUT2D eigenvalue weighted by Gasteiger charge is -2.21. The van der Waals surface area contributed by atoms with E-state index in [1.807, 2.05) is 0 Å². The van der Waals surface area contributed by atoms with Crippen molar-refractivity contribution >= 4 is 5.91 Å². The maximum Gasteiger partial charge on any atom is 0.267 e. The monoisotopic (exact) mass is 338 g/mol. The van der Waals surface area contributed by atoms with Crippen LogP contribution in [0, 0.1) is 0 Å². The van der Waals surface area contributed by atoms with Crippen LogP contribution < -0.4 is 0 Å². The summed E-state index contributed by atoms with van der Waals surface area (Å²) >= 11 is 0. The Morgan fingerprint density at radius 2 is 2.17 bits per heavy atom. The van der Waals surface area contributed by atoms with Crippen LogP contribution in [0.2, 0.25) is 0 Å². The van der Waals surface area contributed by atoms with Crippen LogP contribution in [-0.2, 0) is 9.53 Å². The molecule has 0 N–H and O–H groups in total. The van der Waals surface area contributed by atoms with Crippen molar-refractivity contribution in [3.05, 3.63) is 30.4 Å². The molecule has 1 aliphatic rings. The normalized spacial score (nSPS) is 19.6. The number of alkyl halides is 2. The highest BCUT2D eigenvalue weighted by atomic mass is 19.3. The summed E-state index contributed by atoms with van der Waals surface area (Å²) < 4.78 is 38.2. The van der Waals surface area contributed by atoms with Crippen LogP contribution in [0.15, 0.2) is 28.9 Å². The molecular weight excluding hydrogens is 322 g/mol. The number of carbonyl (C=O) groups is 1. The first-order valence-electron chi connectivity index (χ1n) is 7.49. The number of aromatic nitrogens is 3. The summed E-state index contributed by atoms with van der Waals surface area (Å²) in [5, 5.41) is 7.72. The molecule has 1 aliphatic heterocycles. The van der Waals surface area contributed by atoms with Crippen LogP contribution in [-0.4, -0.2) is 51.7 Å². The van der Waals surface area contributed by atoms with Crippen molar-refractivity contribution in [3.63, 3.8) is 0 Å². The predicted molar refractivity (Wildman–Crippen MR) is 78.0 cm³/mol. The molecule has 0 bridgehead atoms. The molecule has 0 aromatic carbocycles. The molecule has 1 fully saturated rings. The van der Waals surface area contributed by atoms with E-state index in [0.29, 0.717) is 12.2 Å². The van der Waals surface area contributed by atoms with Crippen molar-refractivity contribution in [2.24, 2.45) is 0 Å². The number of pyridine rings is 1. The van der Waals surface area contributed by atoms with Gasteiger partial charge in [-0.05, 0) is 19.1 Å². The molecule has 3 rings (SSSR count). The fraction of sp³-hybridized carbons (Fsp3) is 0.467. The van der Waals surface area contributed by atoms with Gasteiger partial charge in [0.05, 0.1) is 6.54 Å². The maximum atomic E-state index is 13.8. The smallest absolute Gasteiger partial charge is 0.267 e. The average molecular weight is 338 g/mol. The first kappa shape index (κ1) is 16.4. The minimum Gasteiger partial charge on any atom is -0.418 e. The summed E-state index contributed by atoms with van der Waals surface area (Å²) in [6, 6.07) is 2.37.